The highest BCUT2D eigenvalue weighted by Gasteiger charge is 2.10. The topological polar surface area (TPSA) is 26.3 Å². The number of carbonyl (C=O) groups excluding carboxylic acids is 1. The van der Waals surface area contributed by atoms with Gasteiger partial charge in [-0.1, -0.05) is 52.8 Å². The molecule has 1 aromatic rings. The fourth-order valence-corrected chi connectivity index (χ4v) is 1.47. The Morgan fingerprint density at radius 2 is 2.07 bits per heavy atom. The summed E-state index contributed by atoms with van der Waals surface area (Å²) in [4.78, 5) is 11.2. The molecule has 0 N–H and O–H groups in total. The molecule has 0 fully saturated rings. The van der Waals surface area contributed by atoms with Crippen molar-refractivity contribution in [2.24, 2.45) is 0 Å². The lowest BCUT2D eigenvalue weighted by atomic mass is 10.2. The third-order valence-corrected chi connectivity index (χ3v) is 2.66. The number of hydrogen-bond acceptors (Lipinski definition) is 2. The lowest BCUT2D eigenvalue weighted by Gasteiger charge is -2.10. The van der Waals surface area contributed by atoms with Gasteiger partial charge < -0.3 is 4.74 Å². The molecule has 0 saturated carbocycles. The molecule has 0 heterocycles. The van der Waals surface area contributed by atoms with Crippen LogP contribution in [0.25, 0.3) is 0 Å². The molecule has 1 unspecified atom stereocenters. The highest BCUT2D eigenvalue weighted by atomic mass is 79.9. The van der Waals surface area contributed by atoms with Crippen molar-refractivity contribution in [1.29, 1.82) is 0 Å². The first kappa shape index (κ1) is 12.0. The molecule has 15 heavy (non-hydrogen) atoms. The van der Waals surface area contributed by atoms with E-state index in [1.807, 2.05) is 30.3 Å². The lowest BCUT2D eigenvalue weighted by molar-refractivity contribution is -0.138. The molecule has 3 heteroatoms. The first-order valence-corrected chi connectivity index (χ1v) is 5.54. The standard InChI is InChI=1S/C12H13BrO2/c1-9(2)12(14)15-8-11(13)10-6-4-3-5-7-10/h3-7,11H,1,8H2,2H3. The second kappa shape index (κ2) is 5.71. The number of ether oxygens (including phenoxy) is 1. The number of benzene rings is 1. The van der Waals surface area contributed by atoms with E-state index in [0.717, 1.165) is 5.56 Å². The second-order valence-corrected chi connectivity index (χ2v) is 4.36. The smallest absolute Gasteiger partial charge is 0.333 e. The summed E-state index contributed by atoms with van der Waals surface area (Å²) in [6, 6.07) is 9.81. The van der Waals surface area contributed by atoms with Gasteiger partial charge in [-0.25, -0.2) is 4.79 Å². The Balaban J connectivity index is 2.47. The summed E-state index contributed by atoms with van der Waals surface area (Å²) in [6.45, 7) is 5.46. The average molecular weight is 269 g/mol. The molecule has 0 spiro atoms. The van der Waals surface area contributed by atoms with Crippen molar-refractivity contribution in [3.05, 3.63) is 48.0 Å². The molecule has 0 aliphatic heterocycles. The van der Waals surface area contributed by atoms with Gasteiger partial charge in [0.15, 0.2) is 0 Å². The van der Waals surface area contributed by atoms with Gasteiger partial charge in [0, 0.05) is 5.57 Å². The normalized spacial score (nSPS) is 11.9. The Bertz CT molecular complexity index is 346. The fourth-order valence-electron chi connectivity index (χ4n) is 1.03. The lowest BCUT2D eigenvalue weighted by Crippen LogP contribution is -2.09. The number of rotatable bonds is 4. The Morgan fingerprint density at radius 1 is 1.47 bits per heavy atom. The van der Waals surface area contributed by atoms with E-state index in [0.29, 0.717) is 12.2 Å². The van der Waals surface area contributed by atoms with E-state index >= 15 is 0 Å². The SMILES string of the molecule is C=C(C)C(=O)OCC(Br)c1ccccc1. The number of halogens is 1. The fraction of sp³-hybridized carbons (Fsp3) is 0.250. The van der Waals surface area contributed by atoms with Crippen molar-refractivity contribution in [2.75, 3.05) is 6.61 Å². The van der Waals surface area contributed by atoms with Crippen molar-refractivity contribution < 1.29 is 9.53 Å². The summed E-state index contributed by atoms with van der Waals surface area (Å²) in [7, 11) is 0. The highest BCUT2D eigenvalue weighted by Crippen LogP contribution is 2.22. The van der Waals surface area contributed by atoms with Gasteiger partial charge >= 0.3 is 5.97 Å². The molecule has 0 aliphatic rings. The van der Waals surface area contributed by atoms with Crippen LogP contribution in [0.3, 0.4) is 0 Å². The predicted octanol–water partition coefficient (Wildman–Crippen LogP) is 3.24. The van der Waals surface area contributed by atoms with Crippen LogP contribution in [0.5, 0.6) is 0 Å². The average Bonchev–Trinajstić information content (AvgIpc) is 2.26. The van der Waals surface area contributed by atoms with Gasteiger partial charge in [0.1, 0.15) is 6.61 Å². The van der Waals surface area contributed by atoms with E-state index < -0.39 is 0 Å². The molecule has 1 atom stereocenters. The van der Waals surface area contributed by atoms with E-state index in [9.17, 15) is 4.79 Å². The van der Waals surface area contributed by atoms with Crippen molar-refractivity contribution in [2.45, 2.75) is 11.8 Å². The van der Waals surface area contributed by atoms with Crippen LogP contribution in [0.1, 0.15) is 17.3 Å². The molecule has 2 nitrogen and oxygen atoms in total. The molecule has 1 aromatic carbocycles. The zero-order valence-electron chi connectivity index (χ0n) is 8.57. The van der Waals surface area contributed by atoms with E-state index in [1.54, 1.807) is 6.92 Å². The first-order valence-electron chi connectivity index (χ1n) is 4.63. The van der Waals surface area contributed by atoms with Gasteiger partial charge in [-0.2, -0.15) is 0 Å². The maximum Gasteiger partial charge on any atom is 0.333 e. The quantitative estimate of drug-likeness (QED) is 0.476. The molecule has 0 bridgehead atoms. The minimum Gasteiger partial charge on any atom is -0.461 e. The Morgan fingerprint density at radius 3 is 2.60 bits per heavy atom. The van der Waals surface area contributed by atoms with Crippen molar-refractivity contribution >= 4 is 21.9 Å². The molecule has 1 rings (SSSR count). The van der Waals surface area contributed by atoms with Crippen LogP contribution in [0, 0.1) is 0 Å². The first-order chi connectivity index (χ1) is 7.11. The van der Waals surface area contributed by atoms with Crippen molar-refractivity contribution in [3.63, 3.8) is 0 Å². The van der Waals surface area contributed by atoms with E-state index in [2.05, 4.69) is 22.5 Å². The van der Waals surface area contributed by atoms with Crippen LogP contribution < -0.4 is 0 Å². The molecule has 0 aliphatic carbocycles. The summed E-state index contributed by atoms with van der Waals surface area (Å²) in [5.74, 6) is -0.351. The van der Waals surface area contributed by atoms with E-state index in [-0.39, 0.29) is 10.8 Å². The monoisotopic (exact) mass is 268 g/mol. The molecule has 0 aromatic heterocycles. The van der Waals surface area contributed by atoms with Crippen LogP contribution in [0.2, 0.25) is 0 Å². The molecule has 0 saturated heterocycles. The molecular formula is C12H13BrO2. The van der Waals surface area contributed by atoms with Gasteiger partial charge in [0.25, 0.3) is 0 Å². The highest BCUT2D eigenvalue weighted by molar-refractivity contribution is 9.09. The molecule has 0 radical (unpaired) electrons. The van der Waals surface area contributed by atoms with Crippen LogP contribution in [-0.2, 0) is 9.53 Å². The molecule has 80 valence electrons. The van der Waals surface area contributed by atoms with Crippen LogP contribution in [0.15, 0.2) is 42.5 Å². The summed E-state index contributed by atoms with van der Waals surface area (Å²) >= 11 is 3.46. The van der Waals surface area contributed by atoms with Gasteiger partial charge in [0.2, 0.25) is 0 Å². The third-order valence-electron chi connectivity index (χ3n) is 1.87. The van der Waals surface area contributed by atoms with Crippen LogP contribution in [-0.4, -0.2) is 12.6 Å². The van der Waals surface area contributed by atoms with Crippen LogP contribution in [0.4, 0.5) is 0 Å². The number of alkyl halides is 1. The molecule has 0 amide bonds. The maximum atomic E-state index is 11.1. The van der Waals surface area contributed by atoms with Crippen molar-refractivity contribution in [1.82, 2.24) is 0 Å². The van der Waals surface area contributed by atoms with Crippen LogP contribution >= 0.6 is 15.9 Å². The maximum absolute atomic E-state index is 11.1. The largest absolute Gasteiger partial charge is 0.461 e. The summed E-state index contributed by atoms with van der Waals surface area (Å²) in [6.07, 6.45) is 0. The summed E-state index contributed by atoms with van der Waals surface area (Å²) < 4.78 is 5.03. The zero-order valence-corrected chi connectivity index (χ0v) is 10.2. The number of hydrogen-bond donors (Lipinski definition) is 0. The van der Waals surface area contributed by atoms with Gasteiger partial charge in [0.05, 0.1) is 4.83 Å². The summed E-state index contributed by atoms with van der Waals surface area (Å²) in [5.41, 5.74) is 1.51. The molecular weight excluding hydrogens is 256 g/mol. The number of esters is 1. The second-order valence-electron chi connectivity index (χ2n) is 3.26. The Labute approximate surface area is 98.1 Å². The Hall–Kier alpha value is -1.09. The predicted molar refractivity (Wildman–Crippen MR) is 63.9 cm³/mol. The third kappa shape index (κ3) is 3.88. The van der Waals surface area contributed by atoms with Crippen molar-refractivity contribution in [3.8, 4) is 0 Å². The van der Waals surface area contributed by atoms with E-state index in [1.165, 1.54) is 0 Å². The van der Waals surface area contributed by atoms with Gasteiger partial charge in [-0.3, -0.25) is 0 Å². The van der Waals surface area contributed by atoms with Gasteiger partial charge in [-0.05, 0) is 12.5 Å². The summed E-state index contributed by atoms with van der Waals surface area (Å²) in [5, 5.41) is 0. The minimum atomic E-state index is -0.351. The van der Waals surface area contributed by atoms with E-state index in [4.69, 9.17) is 4.74 Å². The Kier molecular flexibility index (Phi) is 4.56. The zero-order chi connectivity index (χ0) is 11.3. The number of carbonyl (C=O) groups is 1. The minimum absolute atomic E-state index is 0.0296. The van der Waals surface area contributed by atoms with Gasteiger partial charge in [-0.15, -0.1) is 0 Å².